The number of carbonyl (C=O) groups excluding carboxylic acids is 1. The van der Waals surface area contributed by atoms with Crippen LogP contribution >= 0.6 is 0 Å². The monoisotopic (exact) mass is 281 g/mol. The first kappa shape index (κ1) is 16.1. The van der Waals surface area contributed by atoms with Gasteiger partial charge < -0.3 is 10.0 Å². The van der Waals surface area contributed by atoms with E-state index in [9.17, 15) is 14.0 Å². The molecule has 1 aromatic rings. The first-order valence-electron chi connectivity index (χ1n) is 6.62. The van der Waals surface area contributed by atoms with Gasteiger partial charge in [0.25, 0.3) is 0 Å². The van der Waals surface area contributed by atoms with Gasteiger partial charge in [0.05, 0.1) is 6.42 Å². The van der Waals surface area contributed by atoms with Crippen LogP contribution in [0.1, 0.15) is 25.3 Å². The molecule has 0 aliphatic carbocycles. The molecule has 0 saturated heterocycles. The molecule has 110 valence electrons. The number of carbonyl (C=O) groups is 2. The Hall–Kier alpha value is -1.91. The lowest BCUT2D eigenvalue weighted by Crippen LogP contribution is -2.33. The van der Waals surface area contributed by atoms with E-state index in [4.69, 9.17) is 5.11 Å². The van der Waals surface area contributed by atoms with Gasteiger partial charge in [0, 0.05) is 19.5 Å². The van der Waals surface area contributed by atoms with E-state index in [0.717, 1.165) is 0 Å². The van der Waals surface area contributed by atoms with E-state index >= 15 is 0 Å². The molecule has 5 heteroatoms. The summed E-state index contributed by atoms with van der Waals surface area (Å²) >= 11 is 0. The fourth-order valence-corrected chi connectivity index (χ4v) is 1.95. The maximum Gasteiger partial charge on any atom is 0.305 e. The molecular weight excluding hydrogens is 261 g/mol. The third kappa shape index (κ3) is 4.99. The van der Waals surface area contributed by atoms with Gasteiger partial charge in [0.1, 0.15) is 5.82 Å². The van der Waals surface area contributed by atoms with Crippen molar-refractivity contribution in [3.63, 3.8) is 0 Å². The highest BCUT2D eigenvalue weighted by molar-refractivity contribution is 5.78. The number of amides is 1. The Morgan fingerprint density at radius 2 is 2.00 bits per heavy atom. The second-order valence-electron chi connectivity index (χ2n) is 4.93. The average molecular weight is 281 g/mol. The van der Waals surface area contributed by atoms with Crippen molar-refractivity contribution < 1.29 is 19.1 Å². The standard InChI is InChI=1S/C15H20FNO3/c1-11(15(20)17(2)10-9-14(18)19)7-8-12-5-3-4-6-13(12)16/h3-6,11H,7-10H2,1-2H3,(H,18,19). The summed E-state index contributed by atoms with van der Waals surface area (Å²) in [7, 11) is 1.59. The van der Waals surface area contributed by atoms with Gasteiger partial charge in [-0.3, -0.25) is 9.59 Å². The van der Waals surface area contributed by atoms with Crippen LogP contribution in [0.15, 0.2) is 24.3 Å². The predicted octanol–water partition coefficient (Wildman–Crippen LogP) is 2.33. The Labute approximate surface area is 118 Å². The van der Waals surface area contributed by atoms with Crippen molar-refractivity contribution in [3.8, 4) is 0 Å². The summed E-state index contributed by atoms with van der Waals surface area (Å²) in [6.07, 6.45) is 0.964. The number of rotatable bonds is 7. The Morgan fingerprint density at radius 3 is 2.60 bits per heavy atom. The van der Waals surface area contributed by atoms with Crippen molar-refractivity contribution in [1.29, 1.82) is 0 Å². The molecule has 0 aliphatic heterocycles. The number of benzene rings is 1. The number of aryl methyl sites for hydroxylation is 1. The van der Waals surface area contributed by atoms with Crippen molar-refractivity contribution in [2.24, 2.45) is 5.92 Å². The van der Waals surface area contributed by atoms with Crippen LogP contribution in [-0.2, 0) is 16.0 Å². The number of hydrogen-bond acceptors (Lipinski definition) is 2. The Balaban J connectivity index is 2.45. The van der Waals surface area contributed by atoms with Crippen LogP contribution in [0, 0.1) is 11.7 Å². The van der Waals surface area contributed by atoms with Gasteiger partial charge in [0.2, 0.25) is 5.91 Å². The van der Waals surface area contributed by atoms with Crippen molar-refractivity contribution in [2.75, 3.05) is 13.6 Å². The molecule has 0 fully saturated rings. The Morgan fingerprint density at radius 1 is 1.35 bits per heavy atom. The average Bonchev–Trinajstić information content (AvgIpc) is 2.42. The zero-order valence-corrected chi connectivity index (χ0v) is 11.8. The van der Waals surface area contributed by atoms with Gasteiger partial charge in [0.15, 0.2) is 0 Å². The molecule has 1 unspecified atom stereocenters. The number of hydrogen-bond donors (Lipinski definition) is 1. The van der Waals surface area contributed by atoms with Crippen LogP contribution in [-0.4, -0.2) is 35.5 Å². The molecule has 1 amide bonds. The highest BCUT2D eigenvalue weighted by Crippen LogP contribution is 2.14. The minimum absolute atomic E-state index is 0.0672. The molecule has 20 heavy (non-hydrogen) atoms. The topological polar surface area (TPSA) is 57.6 Å². The smallest absolute Gasteiger partial charge is 0.305 e. The second-order valence-corrected chi connectivity index (χ2v) is 4.93. The SMILES string of the molecule is CC(CCc1ccccc1F)C(=O)N(C)CCC(=O)O. The number of aliphatic carboxylic acids is 1. The van der Waals surface area contributed by atoms with Crippen LogP contribution in [0.3, 0.4) is 0 Å². The van der Waals surface area contributed by atoms with Crippen molar-refractivity contribution in [3.05, 3.63) is 35.6 Å². The van der Waals surface area contributed by atoms with Gasteiger partial charge in [-0.1, -0.05) is 25.1 Å². The fourth-order valence-electron chi connectivity index (χ4n) is 1.95. The largest absolute Gasteiger partial charge is 0.481 e. The summed E-state index contributed by atoms with van der Waals surface area (Å²) in [6, 6.07) is 6.51. The van der Waals surface area contributed by atoms with E-state index in [-0.39, 0.29) is 30.6 Å². The molecule has 0 spiro atoms. The molecular formula is C15H20FNO3. The third-order valence-electron chi connectivity index (χ3n) is 3.26. The molecule has 0 heterocycles. The highest BCUT2D eigenvalue weighted by Gasteiger charge is 2.18. The first-order chi connectivity index (χ1) is 9.41. The predicted molar refractivity (Wildman–Crippen MR) is 73.8 cm³/mol. The lowest BCUT2D eigenvalue weighted by molar-refractivity contribution is -0.139. The summed E-state index contributed by atoms with van der Waals surface area (Å²) in [6.45, 7) is 1.97. The summed E-state index contributed by atoms with van der Waals surface area (Å²) in [5, 5.41) is 8.59. The zero-order valence-electron chi connectivity index (χ0n) is 11.8. The molecule has 1 N–H and O–H groups in total. The molecule has 0 aliphatic rings. The number of nitrogens with zero attached hydrogens (tertiary/aromatic N) is 1. The van der Waals surface area contributed by atoms with Crippen LogP contribution in [0.4, 0.5) is 4.39 Å². The lowest BCUT2D eigenvalue weighted by Gasteiger charge is -2.20. The van der Waals surface area contributed by atoms with Gasteiger partial charge in [-0.2, -0.15) is 0 Å². The number of halogens is 1. The van der Waals surface area contributed by atoms with E-state index in [1.54, 1.807) is 32.2 Å². The van der Waals surface area contributed by atoms with Gasteiger partial charge in [-0.15, -0.1) is 0 Å². The molecule has 0 bridgehead atoms. The minimum Gasteiger partial charge on any atom is -0.481 e. The van der Waals surface area contributed by atoms with Gasteiger partial charge >= 0.3 is 5.97 Å². The molecule has 0 saturated carbocycles. The third-order valence-corrected chi connectivity index (χ3v) is 3.26. The van der Waals surface area contributed by atoms with Crippen LogP contribution in [0.5, 0.6) is 0 Å². The molecule has 0 radical (unpaired) electrons. The van der Waals surface area contributed by atoms with E-state index in [2.05, 4.69) is 0 Å². The van der Waals surface area contributed by atoms with E-state index in [0.29, 0.717) is 18.4 Å². The Kier molecular flexibility index (Phi) is 6.15. The number of carboxylic acid groups (broad SMARTS) is 1. The zero-order chi connectivity index (χ0) is 15.1. The normalized spacial score (nSPS) is 11.9. The van der Waals surface area contributed by atoms with E-state index in [1.807, 2.05) is 0 Å². The van der Waals surface area contributed by atoms with Crippen LogP contribution < -0.4 is 0 Å². The van der Waals surface area contributed by atoms with E-state index in [1.165, 1.54) is 11.0 Å². The molecule has 1 rings (SSSR count). The first-order valence-corrected chi connectivity index (χ1v) is 6.62. The highest BCUT2D eigenvalue weighted by atomic mass is 19.1. The molecule has 0 aromatic heterocycles. The second kappa shape index (κ2) is 7.62. The summed E-state index contributed by atoms with van der Waals surface area (Å²) in [4.78, 5) is 23.9. The molecule has 1 atom stereocenters. The lowest BCUT2D eigenvalue weighted by atomic mass is 9.99. The summed E-state index contributed by atoms with van der Waals surface area (Å²) in [5.74, 6) is -1.55. The maximum atomic E-state index is 13.4. The maximum absolute atomic E-state index is 13.4. The van der Waals surface area contributed by atoms with Crippen molar-refractivity contribution in [2.45, 2.75) is 26.2 Å². The van der Waals surface area contributed by atoms with E-state index < -0.39 is 5.97 Å². The van der Waals surface area contributed by atoms with Gasteiger partial charge in [-0.05, 0) is 24.5 Å². The summed E-state index contributed by atoms with van der Waals surface area (Å²) in [5.41, 5.74) is 0.598. The number of carboxylic acids is 1. The fraction of sp³-hybridized carbons (Fsp3) is 0.467. The quantitative estimate of drug-likeness (QED) is 0.834. The van der Waals surface area contributed by atoms with Crippen molar-refractivity contribution in [1.82, 2.24) is 4.90 Å². The van der Waals surface area contributed by atoms with Crippen LogP contribution in [0.25, 0.3) is 0 Å². The van der Waals surface area contributed by atoms with Crippen LogP contribution in [0.2, 0.25) is 0 Å². The van der Waals surface area contributed by atoms with Crippen molar-refractivity contribution >= 4 is 11.9 Å². The summed E-state index contributed by atoms with van der Waals surface area (Å²) < 4.78 is 13.4. The molecule has 4 nitrogen and oxygen atoms in total. The minimum atomic E-state index is -0.927. The van der Waals surface area contributed by atoms with Gasteiger partial charge in [-0.25, -0.2) is 4.39 Å². The Bertz CT molecular complexity index is 476. The molecule has 1 aromatic carbocycles.